The minimum atomic E-state index is -3.97. The molecule has 0 radical (unpaired) electrons. The summed E-state index contributed by atoms with van der Waals surface area (Å²) in [5.41, 5.74) is 0.466. The normalized spacial score (nSPS) is 11.3. The standard InChI is InChI=1S/C18H17ClFN3O4S/c1-26-13-6-7-17(27-2)18(8-13)28(24,25)22-12-9-21-23(10-12)11-14-15(19)4-3-5-16(14)20/h3-10,22H,11H2,1-2H3. The van der Waals surface area contributed by atoms with Crippen molar-refractivity contribution in [3.8, 4) is 11.5 Å². The van der Waals surface area contributed by atoms with E-state index in [1.54, 1.807) is 12.1 Å². The van der Waals surface area contributed by atoms with Gasteiger partial charge in [-0.3, -0.25) is 9.40 Å². The Morgan fingerprint density at radius 1 is 1.21 bits per heavy atom. The summed E-state index contributed by atoms with van der Waals surface area (Å²) < 4.78 is 53.5. The number of aromatic nitrogens is 2. The van der Waals surface area contributed by atoms with Crippen LogP contribution in [0.5, 0.6) is 11.5 Å². The highest BCUT2D eigenvalue weighted by atomic mass is 35.5. The van der Waals surface area contributed by atoms with E-state index in [2.05, 4.69) is 9.82 Å². The molecule has 1 N–H and O–H groups in total. The molecule has 28 heavy (non-hydrogen) atoms. The lowest BCUT2D eigenvalue weighted by molar-refractivity contribution is 0.392. The number of nitrogens with one attached hydrogen (secondary N) is 1. The Hall–Kier alpha value is -2.78. The number of benzene rings is 2. The van der Waals surface area contributed by atoms with Gasteiger partial charge in [0.15, 0.2) is 0 Å². The molecule has 148 valence electrons. The summed E-state index contributed by atoms with van der Waals surface area (Å²) in [7, 11) is -1.17. The summed E-state index contributed by atoms with van der Waals surface area (Å²) in [6.07, 6.45) is 2.76. The van der Waals surface area contributed by atoms with Gasteiger partial charge in [0.2, 0.25) is 0 Å². The van der Waals surface area contributed by atoms with Gasteiger partial charge in [0.25, 0.3) is 10.0 Å². The number of rotatable bonds is 7. The van der Waals surface area contributed by atoms with Crippen molar-refractivity contribution in [2.45, 2.75) is 11.4 Å². The summed E-state index contributed by atoms with van der Waals surface area (Å²) in [6, 6.07) is 8.81. The number of methoxy groups -OCH3 is 2. The molecule has 0 amide bonds. The number of hydrogen-bond donors (Lipinski definition) is 1. The first kappa shape index (κ1) is 20.0. The highest BCUT2D eigenvalue weighted by Crippen LogP contribution is 2.29. The Morgan fingerprint density at radius 2 is 2.00 bits per heavy atom. The first-order valence-electron chi connectivity index (χ1n) is 8.04. The lowest BCUT2D eigenvalue weighted by atomic mass is 10.2. The summed E-state index contributed by atoms with van der Waals surface area (Å²) in [5, 5.41) is 4.32. The van der Waals surface area contributed by atoms with Crippen LogP contribution in [0.25, 0.3) is 0 Å². The summed E-state index contributed by atoms with van der Waals surface area (Å²) in [6.45, 7) is 0.0513. The average molecular weight is 426 g/mol. The van der Waals surface area contributed by atoms with Crippen molar-refractivity contribution < 1.29 is 22.3 Å². The fourth-order valence-electron chi connectivity index (χ4n) is 2.55. The molecule has 0 bridgehead atoms. The predicted octanol–water partition coefficient (Wildman–Crippen LogP) is 3.54. The molecule has 0 fully saturated rings. The zero-order chi connectivity index (χ0) is 20.3. The quantitative estimate of drug-likeness (QED) is 0.626. The zero-order valence-corrected chi connectivity index (χ0v) is 16.6. The maximum atomic E-state index is 13.9. The molecule has 3 rings (SSSR count). The lowest BCUT2D eigenvalue weighted by Crippen LogP contribution is -2.14. The van der Waals surface area contributed by atoms with Gasteiger partial charge in [-0.2, -0.15) is 5.10 Å². The number of hydrogen-bond acceptors (Lipinski definition) is 5. The molecule has 0 aliphatic heterocycles. The Morgan fingerprint density at radius 3 is 2.68 bits per heavy atom. The van der Waals surface area contributed by atoms with Gasteiger partial charge in [-0.25, -0.2) is 12.8 Å². The topological polar surface area (TPSA) is 82.4 Å². The van der Waals surface area contributed by atoms with Crippen LogP contribution in [0.2, 0.25) is 5.02 Å². The van der Waals surface area contributed by atoms with Gasteiger partial charge in [-0.05, 0) is 24.3 Å². The summed E-state index contributed by atoms with van der Waals surface area (Å²) in [4.78, 5) is -0.0840. The van der Waals surface area contributed by atoms with Crippen molar-refractivity contribution in [1.82, 2.24) is 9.78 Å². The van der Waals surface area contributed by atoms with Gasteiger partial charge in [0.1, 0.15) is 22.2 Å². The van der Waals surface area contributed by atoms with Gasteiger partial charge >= 0.3 is 0 Å². The van der Waals surface area contributed by atoms with Gasteiger partial charge in [0.05, 0.1) is 32.6 Å². The number of ether oxygens (including phenoxy) is 2. The van der Waals surface area contributed by atoms with Crippen LogP contribution < -0.4 is 14.2 Å². The maximum Gasteiger partial charge on any atom is 0.265 e. The smallest absolute Gasteiger partial charge is 0.265 e. The van der Waals surface area contributed by atoms with E-state index >= 15 is 0 Å². The van der Waals surface area contributed by atoms with Crippen LogP contribution in [0.1, 0.15) is 5.56 Å². The lowest BCUT2D eigenvalue weighted by Gasteiger charge is -2.11. The molecular weight excluding hydrogens is 409 g/mol. The van der Waals surface area contributed by atoms with Crippen LogP contribution in [0.15, 0.2) is 53.7 Å². The molecule has 0 spiro atoms. The van der Waals surface area contributed by atoms with E-state index < -0.39 is 15.8 Å². The van der Waals surface area contributed by atoms with Crippen LogP contribution in [0, 0.1) is 5.82 Å². The summed E-state index contributed by atoms with van der Waals surface area (Å²) in [5.74, 6) is 0.0659. The van der Waals surface area contributed by atoms with Crippen LogP contribution >= 0.6 is 11.6 Å². The molecule has 0 saturated carbocycles. The van der Waals surface area contributed by atoms with Crippen LogP contribution in [-0.2, 0) is 16.6 Å². The van der Waals surface area contributed by atoms with Gasteiger partial charge in [0, 0.05) is 22.8 Å². The fraction of sp³-hybridized carbons (Fsp3) is 0.167. The number of anilines is 1. The molecule has 2 aromatic carbocycles. The SMILES string of the molecule is COc1ccc(OC)c(S(=O)(=O)Nc2cnn(Cc3c(F)cccc3Cl)c2)c1. The zero-order valence-electron chi connectivity index (χ0n) is 15.0. The van der Waals surface area contributed by atoms with E-state index in [-0.39, 0.29) is 33.5 Å². The van der Waals surface area contributed by atoms with Crippen LogP contribution in [0.3, 0.4) is 0 Å². The molecule has 3 aromatic rings. The fourth-order valence-corrected chi connectivity index (χ4v) is 3.99. The van der Waals surface area contributed by atoms with E-state index in [0.717, 1.165) is 0 Å². The highest BCUT2D eigenvalue weighted by Gasteiger charge is 2.21. The molecule has 0 atom stereocenters. The number of sulfonamides is 1. The third kappa shape index (κ3) is 4.20. The first-order valence-corrected chi connectivity index (χ1v) is 9.90. The van der Waals surface area contributed by atoms with E-state index in [9.17, 15) is 12.8 Å². The Kier molecular flexibility index (Phi) is 5.76. The molecule has 1 heterocycles. The third-order valence-electron chi connectivity index (χ3n) is 3.93. The molecule has 0 saturated heterocycles. The van der Waals surface area contributed by atoms with E-state index in [0.29, 0.717) is 5.75 Å². The minimum absolute atomic E-state index is 0.0513. The predicted molar refractivity (Wildman–Crippen MR) is 103 cm³/mol. The monoisotopic (exact) mass is 425 g/mol. The van der Waals surface area contributed by atoms with Crippen LogP contribution in [-0.4, -0.2) is 32.4 Å². The number of nitrogens with zero attached hydrogens (tertiary/aromatic N) is 2. The molecular formula is C18H17ClFN3O4S. The van der Waals surface area contributed by atoms with E-state index in [1.165, 1.54) is 55.6 Å². The third-order valence-corrected chi connectivity index (χ3v) is 5.68. The average Bonchev–Trinajstić information content (AvgIpc) is 3.10. The van der Waals surface area contributed by atoms with Crippen molar-refractivity contribution >= 4 is 27.3 Å². The van der Waals surface area contributed by atoms with Crippen molar-refractivity contribution in [1.29, 1.82) is 0 Å². The van der Waals surface area contributed by atoms with E-state index in [1.807, 2.05) is 0 Å². The molecule has 1 aromatic heterocycles. The molecule has 10 heteroatoms. The van der Waals surface area contributed by atoms with Crippen molar-refractivity contribution in [2.24, 2.45) is 0 Å². The van der Waals surface area contributed by atoms with Gasteiger partial charge in [-0.1, -0.05) is 17.7 Å². The minimum Gasteiger partial charge on any atom is -0.497 e. The van der Waals surface area contributed by atoms with Crippen LogP contribution in [0.4, 0.5) is 10.1 Å². The van der Waals surface area contributed by atoms with Crippen molar-refractivity contribution in [3.63, 3.8) is 0 Å². The van der Waals surface area contributed by atoms with Gasteiger partial charge < -0.3 is 9.47 Å². The first-order chi connectivity index (χ1) is 13.3. The van der Waals surface area contributed by atoms with E-state index in [4.69, 9.17) is 21.1 Å². The maximum absolute atomic E-state index is 13.9. The molecule has 0 aliphatic carbocycles. The molecule has 7 nitrogen and oxygen atoms in total. The van der Waals surface area contributed by atoms with Crippen molar-refractivity contribution in [2.75, 3.05) is 18.9 Å². The second kappa shape index (κ2) is 8.07. The second-order valence-electron chi connectivity index (χ2n) is 5.75. The van der Waals surface area contributed by atoms with Crippen molar-refractivity contribution in [3.05, 3.63) is 65.2 Å². The largest absolute Gasteiger partial charge is 0.497 e. The Labute approximate surface area is 166 Å². The van der Waals surface area contributed by atoms with Gasteiger partial charge in [-0.15, -0.1) is 0 Å². The number of halogens is 2. The highest BCUT2D eigenvalue weighted by molar-refractivity contribution is 7.92. The molecule has 0 aliphatic rings. The Balaban J connectivity index is 1.85. The second-order valence-corrected chi connectivity index (χ2v) is 7.81. The summed E-state index contributed by atoms with van der Waals surface area (Å²) >= 11 is 6.02. The Bertz CT molecular complexity index is 1080. The molecule has 0 unspecified atom stereocenters.